The second-order valence-electron chi connectivity index (χ2n) is 4.97. The number of likely N-dealkylation sites (tertiary alicyclic amines) is 1. The molecule has 17 heavy (non-hydrogen) atoms. The molecule has 1 aromatic heterocycles. The maximum absolute atomic E-state index is 5.89. The largest absolute Gasteiger partial charge is 0.468 e. The molecule has 0 saturated carbocycles. The van der Waals surface area contributed by atoms with E-state index in [1.165, 1.54) is 25.9 Å². The van der Waals surface area contributed by atoms with Gasteiger partial charge in [0.1, 0.15) is 5.76 Å². The molecule has 4 nitrogen and oxygen atoms in total. The van der Waals surface area contributed by atoms with Crippen LogP contribution in [0.2, 0.25) is 0 Å². The summed E-state index contributed by atoms with van der Waals surface area (Å²) in [6.07, 6.45) is 4.15. The molecule has 0 aliphatic carbocycles. The van der Waals surface area contributed by atoms with Crippen LogP contribution >= 0.6 is 0 Å². The zero-order valence-electron chi connectivity index (χ0n) is 10.8. The topological polar surface area (TPSA) is 45.6 Å². The molecule has 96 valence electrons. The number of piperidine rings is 1. The van der Waals surface area contributed by atoms with Crippen LogP contribution in [0.25, 0.3) is 0 Å². The van der Waals surface area contributed by atoms with Crippen LogP contribution in [0.5, 0.6) is 0 Å². The van der Waals surface area contributed by atoms with Gasteiger partial charge in [0.05, 0.1) is 12.3 Å². The first-order valence-electron chi connectivity index (χ1n) is 6.36. The summed E-state index contributed by atoms with van der Waals surface area (Å²) in [5.41, 5.74) is 5.89. The SMILES string of the molecule is CN1CCC(N(C)C(CN)c2ccco2)CC1. The van der Waals surface area contributed by atoms with Gasteiger partial charge in [0.15, 0.2) is 0 Å². The fourth-order valence-electron chi connectivity index (χ4n) is 2.62. The Labute approximate surface area is 103 Å². The molecular formula is C13H23N3O. The Morgan fingerprint density at radius 2 is 2.24 bits per heavy atom. The third-order valence-electron chi connectivity index (χ3n) is 3.85. The van der Waals surface area contributed by atoms with Crippen LogP contribution in [-0.2, 0) is 0 Å². The van der Waals surface area contributed by atoms with E-state index in [1.807, 2.05) is 12.1 Å². The highest BCUT2D eigenvalue weighted by Crippen LogP contribution is 2.25. The summed E-state index contributed by atoms with van der Waals surface area (Å²) in [5, 5.41) is 0. The van der Waals surface area contributed by atoms with Gasteiger partial charge in [0, 0.05) is 12.6 Å². The van der Waals surface area contributed by atoms with Crippen molar-refractivity contribution in [2.24, 2.45) is 5.73 Å². The molecule has 1 aliphatic rings. The van der Waals surface area contributed by atoms with Gasteiger partial charge in [-0.1, -0.05) is 0 Å². The van der Waals surface area contributed by atoms with Crippen LogP contribution in [0.4, 0.5) is 0 Å². The molecule has 2 N–H and O–H groups in total. The Bertz CT molecular complexity index is 317. The smallest absolute Gasteiger partial charge is 0.122 e. The quantitative estimate of drug-likeness (QED) is 0.857. The Morgan fingerprint density at radius 1 is 1.53 bits per heavy atom. The fraction of sp³-hybridized carbons (Fsp3) is 0.692. The average Bonchev–Trinajstić information content (AvgIpc) is 2.84. The molecule has 1 aromatic rings. The van der Waals surface area contributed by atoms with Crippen molar-refractivity contribution >= 4 is 0 Å². The van der Waals surface area contributed by atoms with E-state index in [0.29, 0.717) is 12.6 Å². The van der Waals surface area contributed by atoms with E-state index in [-0.39, 0.29) is 6.04 Å². The molecule has 1 unspecified atom stereocenters. The molecule has 0 spiro atoms. The summed E-state index contributed by atoms with van der Waals surface area (Å²) in [7, 11) is 4.35. The number of nitrogens with two attached hydrogens (primary N) is 1. The summed E-state index contributed by atoms with van der Waals surface area (Å²) in [4.78, 5) is 4.76. The van der Waals surface area contributed by atoms with Crippen LogP contribution in [0, 0.1) is 0 Å². The lowest BCUT2D eigenvalue weighted by molar-refractivity contribution is 0.0997. The molecular weight excluding hydrogens is 214 g/mol. The number of nitrogens with zero attached hydrogens (tertiary/aromatic N) is 2. The first-order valence-corrected chi connectivity index (χ1v) is 6.36. The highest BCUT2D eigenvalue weighted by atomic mass is 16.3. The van der Waals surface area contributed by atoms with Gasteiger partial charge >= 0.3 is 0 Å². The standard InChI is InChI=1S/C13H23N3O/c1-15-7-5-11(6-8-15)16(2)12(10-14)13-4-3-9-17-13/h3-4,9,11-12H,5-8,10,14H2,1-2H3. The minimum absolute atomic E-state index is 0.207. The number of likely N-dealkylation sites (N-methyl/N-ethyl adjacent to an activating group) is 1. The van der Waals surface area contributed by atoms with Gasteiger partial charge in [-0.15, -0.1) is 0 Å². The summed E-state index contributed by atoms with van der Waals surface area (Å²) in [6.45, 7) is 2.95. The lowest BCUT2D eigenvalue weighted by atomic mass is 10.0. The van der Waals surface area contributed by atoms with E-state index >= 15 is 0 Å². The van der Waals surface area contributed by atoms with E-state index in [9.17, 15) is 0 Å². The molecule has 0 aromatic carbocycles. The molecule has 0 bridgehead atoms. The summed E-state index contributed by atoms with van der Waals surface area (Å²) in [5.74, 6) is 0.980. The van der Waals surface area contributed by atoms with E-state index in [0.717, 1.165) is 5.76 Å². The van der Waals surface area contributed by atoms with Crippen molar-refractivity contribution in [2.45, 2.75) is 24.9 Å². The van der Waals surface area contributed by atoms with Gasteiger partial charge in [-0.05, 0) is 52.2 Å². The van der Waals surface area contributed by atoms with Crippen molar-refractivity contribution in [3.05, 3.63) is 24.2 Å². The van der Waals surface area contributed by atoms with Gasteiger partial charge in [0.2, 0.25) is 0 Å². The Hall–Kier alpha value is -0.840. The van der Waals surface area contributed by atoms with Crippen LogP contribution in [0.1, 0.15) is 24.6 Å². The van der Waals surface area contributed by atoms with Crippen molar-refractivity contribution in [1.82, 2.24) is 9.80 Å². The van der Waals surface area contributed by atoms with Crippen LogP contribution in [-0.4, -0.2) is 49.6 Å². The number of hydrogen-bond acceptors (Lipinski definition) is 4. The van der Waals surface area contributed by atoms with E-state index in [1.54, 1.807) is 6.26 Å². The Balaban J connectivity index is 2.00. The van der Waals surface area contributed by atoms with Crippen molar-refractivity contribution < 1.29 is 4.42 Å². The maximum atomic E-state index is 5.89. The lowest BCUT2D eigenvalue weighted by Crippen LogP contribution is -2.44. The molecule has 1 atom stereocenters. The predicted octanol–water partition coefficient (Wildman–Crippen LogP) is 1.31. The summed E-state index contributed by atoms with van der Waals surface area (Å²) < 4.78 is 5.49. The Kier molecular flexibility index (Phi) is 4.20. The highest BCUT2D eigenvalue weighted by molar-refractivity contribution is 5.05. The zero-order chi connectivity index (χ0) is 12.3. The molecule has 4 heteroatoms. The van der Waals surface area contributed by atoms with E-state index < -0.39 is 0 Å². The minimum Gasteiger partial charge on any atom is -0.468 e. The predicted molar refractivity (Wildman–Crippen MR) is 68.8 cm³/mol. The molecule has 2 heterocycles. The zero-order valence-corrected chi connectivity index (χ0v) is 10.8. The minimum atomic E-state index is 0.207. The number of furan rings is 1. The highest BCUT2D eigenvalue weighted by Gasteiger charge is 2.27. The average molecular weight is 237 g/mol. The molecule has 1 aliphatic heterocycles. The van der Waals surface area contributed by atoms with Crippen LogP contribution < -0.4 is 5.73 Å². The van der Waals surface area contributed by atoms with Gasteiger partial charge in [0.25, 0.3) is 0 Å². The lowest BCUT2D eigenvalue weighted by Gasteiger charge is -2.38. The number of hydrogen-bond donors (Lipinski definition) is 1. The van der Waals surface area contributed by atoms with Crippen molar-refractivity contribution in [3.63, 3.8) is 0 Å². The third-order valence-corrected chi connectivity index (χ3v) is 3.85. The monoisotopic (exact) mass is 237 g/mol. The molecule has 0 amide bonds. The van der Waals surface area contributed by atoms with Gasteiger partial charge < -0.3 is 15.1 Å². The van der Waals surface area contributed by atoms with Crippen molar-refractivity contribution in [3.8, 4) is 0 Å². The molecule has 0 radical (unpaired) electrons. The van der Waals surface area contributed by atoms with Gasteiger partial charge in [-0.2, -0.15) is 0 Å². The fourth-order valence-corrected chi connectivity index (χ4v) is 2.62. The van der Waals surface area contributed by atoms with Gasteiger partial charge in [-0.3, -0.25) is 4.90 Å². The van der Waals surface area contributed by atoms with Crippen LogP contribution in [0.3, 0.4) is 0 Å². The second-order valence-corrected chi connectivity index (χ2v) is 4.97. The van der Waals surface area contributed by atoms with Crippen LogP contribution in [0.15, 0.2) is 22.8 Å². The summed E-state index contributed by atoms with van der Waals surface area (Å²) in [6, 6.07) is 4.77. The normalized spacial score (nSPS) is 20.9. The van der Waals surface area contributed by atoms with E-state index in [4.69, 9.17) is 10.2 Å². The first-order chi connectivity index (χ1) is 8.22. The first kappa shape index (κ1) is 12.6. The third kappa shape index (κ3) is 2.89. The number of rotatable bonds is 4. The Morgan fingerprint density at radius 3 is 2.76 bits per heavy atom. The van der Waals surface area contributed by atoms with Gasteiger partial charge in [-0.25, -0.2) is 0 Å². The van der Waals surface area contributed by atoms with Crippen molar-refractivity contribution in [1.29, 1.82) is 0 Å². The molecule has 2 rings (SSSR count). The maximum Gasteiger partial charge on any atom is 0.122 e. The second kappa shape index (κ2) is 5.67. The van der Waals surface area contributed by atoms with Crippen molar-refractivity contribution in [2.75, 3.05) is 33.7 Å². The van der Waals surface area contributed by atoms with E-state index in [2.05, 4.69) is 23.9 Å². The molecule has 1 fully saturated rings. The molecule has 1 saturated heterocycles. The summed E-state index contributed by atoms with van der Waals surface area (Å²) >= 11 is 0.